The smallest absolute Gasteiger partial charge is 0.426 e. The number of nitrogens with zero attached hydrogens (tertiary/aromatic N) is 1. The maximum atomic E-state index is 10.3. The predicted octanol–water partition coefficient (Wildman–Crippen LogP) is -2.14. The van der Waals surface area contributed by atoms with Crippen molar-refractivity contribution in [2.24, 2.45) is 0 Å². The minimum atomic E-state index is -1.51. The molecule has 0 saturated carbocycles. The van der Waals surface area contributed by atoms with Crippen LogP contribution in [0.25, 0.3) is 0 Å². The van der Waals surface area contributed by atoms with Gasteiger partial charge in [-0.15, -0.1) is 0 Å². The Balaban J connectivity index is 2.51. The minimum Gasteiger partial charge on any atom is -0.426 e. The second kappa shape index (κ2) is 3.70. The van der Waals surface area contributed by atoms with E-state index < -0.39 is 13.1 Å². The van der Waals surface area contributed by atoms with E-state index in [1.54, 1.807) is 0 Å². The molecule has 1 saturated heterocycles. The summed E-state index contributed by atoms with van der Waals surface area (Å²) < 4.78 is 4.95. The molecule has 1 fully saturated rings. The number of ether oxygens (including phenoxy) is 1. The lowest BCUT2D eigenvalue weighted by Crippen LogP contribution is -2.53. The van der Waals surface area contributed by atoms with Crippen LogP contribution in [-0.2, 0) is 9.53 Å². The third kappa shape index (κ3) is 1.92. The van der Waals surface area contributed by atoms with E-state index in [4.69, 9.17) is 14.8 Å². The van der Waals surface area contributed by atoms with Gasteiger partial charge < -0.3 is 19.7 Å². The van der Waals surface area contributed by atoms with Crippen molar-refractivity contribution >= 4 is 13.5 Å². The Bertz CT molecular complexity index is 142. The molecule has 5 nitrogen and oxygen atoms in total. The lowest BCUT2D eigenvalue weighted by Gasteiger charge is -2.31. The number of carbonyl (C=O) groups excluding carboxylic acids is 1. The Morgan fingerprint density at radius 2 is 2.36 bits per heavy atom. The van der Waals surface area contributed by atoms with Crippen LogP contribution in [-0.4, -0.2) is 54.2 Å². The Kier molecular flexibility index (Phi) is 2.87. The summed E-state index contributed by atoms with van der Waals surface area (Å²) in [7, 11) is -1.51. The van der Waals surface area contributed by atoms with Gasteiger partial charge in [0.25, 0.3) is 0 Å². The van der Waals surface area contributed by atoms with Gasteiger partial charge >= 0.3 is 7.12 Å². The first-order valence-corrected chi connectivity index (χ1v) is 3.40. The third-order valence-corrected chi connectivity index (χ3v) is 1.69. The van der Waals surface area contributed by atoms with Crippen molar-refractivity contribution in [2.75, 3.05) is 19.8 Å². The Labute approximate surface area is 64.7 Å². The van der Waals surface area contributed by atoms with Crippen LogP contribution in [0.1, 0.15) is 0 Å². The molecule has 0 radical (unpaired) electrons. The Hall–Kier alpha value is -0.585. The monoisotopic (exact) mass is 159 g/mol. The van der Waals surface area contributed by atoms with E-state index in [1.165, 1.54) is 4.90 Å². The van der Waals surface area contributed by atoms with Gasteiger partial charge in [0.1, 0.15) is 0 Å². The number of amides is 1. The fourth-order valence-electron chi connectivity index (χ4n) is 1.02. The standard InChI is InChI=1S/C5H10BNO4/c8-4-7-1-2-11-3-5(7)6(9)10/h4-5,9-10H,1-3H2. The molecule has 6 heteroatoms. The average molecular weight is 159 g/mol. The van der Waals surface area contributed by atoms with Crippen LogP contribution in [0, 0.1) is 0 Å². The van der Waals surface area contributed by atoms with Crippen molar-refractivity contribution < 1.29 is 19.6 Å². The van der Waals surface area contributed by atoms with Gasteiger partial charge in [0.05, 0.1) is 19.2 Å². The van der Waals surface area contributed by atoms with E-state index in [1.807, 2.05) is 0 Å². The van der Waals surface area contributed by atoms with Crippen LogP contribution in [0.4, 0.5) is 0 Å². The van der Waals surface area contributed by atoms with Gasteiger partial charge in [-0.25, -0.2) is 0 Å². The summed E-state index contributed by atoms with van der Waals surface area (Å²) in [5, 5.41) is 17.5. The average Bonchev–Trinajstić information content (AvgIpc) is 2.04. The maximum absolute atomic E-state index is 10.3. The largest absolute Gasteiger partial charge is 0.478 e. The number of hydrogen-bond acceptors (Lipinski definition) is 4. The van der Waals surface area contributed by atoms with E-state index in [-0.39, 0.29) is 6.61 Å². The van der Waals surface area contributed by atoms with Gasteiger partial charge in [-0.2, -0.15) is 0 Å². The molecule has 2 N–H and O–H groups in total. The molecule has 0 aliphatic carbocycles. The first-order chi connectivity index (χ1) is 5.25. The van der Waals surface area contributed by atoms with Gasteiger partial charge in [0, 0.05) is 6.54 Å². The zero-order valence-electron chi connectivity index (χ0n) is 6.01. The first kappa shape index (κ1) is 8.51. The molecule has 1 amide bonds. The molecule has 1 unspecified atom stereocenters. The normalized spacial score (nSPS) is 24.9. The van der Waals surface area contributed by atoms with Crippen molar-refractivity contribution in [3.63, 3.8) is 0 Å². The van der Waals surface area contributed by atoms with Crippen molar-refractivity contribution in [2.45, 2.75) is 5.94 Å². The SMILES string of the molecule is O=CN1CCOCC1B(O)O. The molecule has 11 heavy (non-hydrogen) atoms. The van der Waals surface area contributed by atoms with E-state index in [0.29, 0.717) is 19.6 Å². The molecule has 1 heterocycles. The molecule has 0 bridgehead atoms. The van der Waals surface area contributed by atoms with Gasteiger partial charge in [0.2, 0.25) is 6.41 Å². The number of rotatable bonds is 2. The number of hydrogen-bond donors (Lipinski definition) is 2. The van der Waals surface area contributed by atoms with Crippen molar-refractivity contribution in [1.82, 2.24) is 4.90 Å². The van der Waals surface area contributed by atoms with Gasteiger partial charge in [-0.05, 0) is 0 Å². The molecule has 62 valence electrons. The summed E-state index contributed by atoms with van der Waals surface area (Å²) in [5.41, 5.74) is 0. The van der Waals surface area contributed by atoms with E-state index in [0.717, 1.165) is 0 Å². The molecule has 0 aromatic rings. The van der Waals surface area contributed by atoms with Crippen LogP contribution in [0.15, 0.2) is 0 Å². The lowest BCUT2D eigenvalue weighted by molar-refractivity contribution is -0.124. The van der Waals surface area contributed by atoms with Crippen LogP contribution in [0.2, 0.25) is 0 Å². The van der Waals surface area contributed by atoms with E-state index in [9.17, 15) is 4.79 Å². The molecule has 1 aliphatic rings. The van der Waals surface area contributed by atoms with Crippen LogP contribution < -0.4 is 0 Å². The van der Waals surface area contributed by atoms with Gasteiger partial charge in [0.15, 0.2) is 0 Å². The molecular formula is C5H10BNO4. The Morgan fingerprint density at radius 3 is 2.82 bits per heavy atom. The van der Waals surface area contributed by atoms with Gasteiger partial charge in [-0.1, -0.05) is 0 Å². The highest BCUT2D eigenvalue weighted by Crippen LogP contribution is 2.04. The van der Waals surface area contributed by atoms with Crippen LogP contribution in [0.5, 0.6) is 0 Å². The summed E-state index contributed by atoms with van der Waals surface area (Å²) in [4.78, 5) is 11.7. The molecule has 1 rings (SSSR count). The highest BCUT2D eigenvalue weighted by Gasteiger charge is 2.31. The molecule has 0 aromatic carbocycles. The molecule has 1 atom stereocenters. The second-order valence-electron chi connectivity index (χ2n) is 2.40. The van der Waals surface area contributed by atoms with Gasteiger partial charge in [-0.3, -0.25) is 4.79 Å². The van der Waals surface area contributed by atoms with Crippen molar-refractivity contribution in [3.8, 4) is 0 Å². The fraction of sp³-hybridized carbons (Fsp3) is 0.800. The highest BCUT2D eigenvalue weighted by molar-refractivity contribution is 6.43. The molecule has 1 aliphatic heterocycles. The lowest BCUT2D eigenvalue weighted by atomic mass is 9.78. The maximum Gasteiger partial charge on any atom is 0.478 e. The number of morpholine rings is 1. The zero-order chi connectivity index (χ0) is 8.27. The zero-order valence-corrected chi connectivity index (χ0v) is 6.01. The summed E-state index contributed by atoms with van der Waals surface area (Å²) in [5.74, 6) is -0.610. The molecule has 0 spiro atoms. The fourth-order valence-corrected chi connectivity index (χ4v) is 1.02. The van der Waals surface area contributed by atoms with Crippen LogP contribution >= 0.6 is 0 Å². The van der Waals surface area contributed by atoms with Crippen LogP contribution in [0.3, 0.4) is 0 Å². The predicted molar refractivity (Wildman–Crippen MR) is 37.6 cm³/mol. The number of carbonyl (C=O) groups is 1. The van der Waals surface area contributed by atoms with Crippen molar-refractivity contribution in [1.29, 1.82) is 0 Å². The van der Waals surface area contributed by atoms with Crippen molar-refractivity contribution in [3.05, 3.63) is 0 Å². The van der Waals surface area contributed by atoms with E-state index in [2.05, 4.69) is 0 Å². The summed E-state index contributed by atoms with van der Waals surface area (Å²) in [6.45, 7) is 1.07. The highest BCUT2D eigenvalue weighted by atomic mass is 16.5. The third-order valence-electron chi connectivity index (χ3n) is 1.69. The molecule has 0 aromatic heterocycles. The second-order valence-corrected chi connectivity index (χ2v) is 2.40. The molecular weight excluding hydrogens is 149 g/mol. The minimum absolute atomic E-state index is 0.191. The topological polar surface area (TPSA) is 70.0 Å². The summed E-state index contributed by atoms with van der Waals surface area (Å²) in [6.07, 6.45) is 0.604. The first-order valence-electron chi connectivity index (χ1n) is 3.40. The summed E-state index contributed by atoms with van der Waals surface area (Å²) in [6, 6.07) is 0. The summed E-state index contributed by atoms with van der Waals surface area (Å²) >= 11 is 0. The van der Waals surface area contributed by atoms with E-state index >= 15 is 0 Å². The Morgan fingerprint density at radius 1 is 1.64 bits per heavy atom. The quantitative estimate of drug-likeness (QED) is 0.356.